The van der Waals surface area contributed by atoms with Crippen molar-refractivity contribution in [2.45, 2.75) is 5.60 Å². The highest BCUT2D eigenvalue weighted by molar-refractivity contribution is 6.20. The highest BCUT2D eigenvalue weighted by atomic mass is 35.5. The smallest absolute Gasteiger partial charge is 0.406 e. The number of halogens is 1. The fraction of sp³-hybridized carbons (Fsp3) is 0.200. The first-order chi connectivity index (χ1) is 7.53. The average molecular weight is 244 g/mol. The van der Waals surface area contributed by atoms with Gasteiger partial charge in [0.25, 0.3) is 0 Å². The van der Waals surface area contributed by atoms with Crippen molar-refractivity contribution in [3.05, 3.63) is 35.9 Å². The summed E-state index contributed by atoms with van der Waals surface area (Å²) in [5.41, 5.74) is 3.17. The van der Waals surface area contributed by atoms with E-state index >= 15 is 0 Å². The van der Waals surface area contributed by atoms with Gasteiger partial charge in [0.15, 0.2) is 0 Å². The predicted octanol–water partition coefficient (Wildman–Crippen LogP) is 1.30. The lowest BCUT2D eigenvalue weighted by atomic mass is 9.96. The number of nitrogens with two attached hydrogens (primary N) is 1. The molecule has 0 saturated heterocycles. The molecule has 1 aromatic carbocycles. The maximum absolute atomic E-state index is 11.2. The number of carbonyl (C=O) groups excluding carboxylic acids is 1. The van der Waals surface area contributed by atoms with Gasteiger partial charge in [-0.2, -0.15) is 0 Å². The molecule has 1 atom stereocenters. The van der Waals surface area contributed by atoms with Gasteiger partial charge in [0.1, 0.15) is 0 Å². The summed E-state index contributed by atoms with van der Waals surface area (Å²) < 4.78 is 4.64. The molecular formula is C10H10ClNO4. The van der Waals surface area contributed by atoms with Gasteiger partial charge >= 0.3 is 12.1 Å². The summed E-state index contributed by atoms with van der Waals surface area (Å²) in [6.45, 7) is 0. The van der Waals surface area contributed by atoms with Crippen molar-refractivity contribution in [3.63, 3.8) is 0 Å². The summed E-state index contributed by atoms with van der Waals surface area (Å²) in [6.07, 6.45) is -1.19. The van der Waals surface area contributed by atoms with Crippen LogP contribution in [0.5, 0.6) is 0 Å². The largest absolute Gasteiger partial charge is 0.478 e. The van der Waals surface area contributed by atoms with Crippen molar-refractivity contribution in [1.82, 2.24) is 0 Å². The molecule has 0 spiro atoms. The zero-order valence-corrected chi connectivity index (χ0v) is 8.98. The maximum atomic E-state index is 11.2. The minimum absolute atomic E-state index is 0.260. The van der Waals surface area contributed by atoms with E-state index in [9.17, 15) is 9.59 Å². The Kier molecular flexibility index (Phi) is 3.73. The number of aliphatic carboxylic acids is 1. The summed E-state index contributed by atoms with van der Waals surface area (Å²) in [6, 6.07) is 7.93. The summed E-state index contributed by atoms with van der Waals surface area (Å²) in [5.74, 6) is -1.79. The second-order valence-electron chi connectivity index (χ2n) is 3.05. The Morgan fingerprint density at radius 1 is 1.38 bits per heavy atom. The van der Waals surface area contributed by atoms with Crippen molar-refractivity contribution < 1.29 is 19.4 Å². The number of hydrogen-bond acceptors (Lipinski definition) is 3. The average Bonchev–Trinajstić information content (AvgIpc) is 2.26. The van der Waals surface area contributed by atoms with Crippen molar-refractivity contribution in [1.29, 1.82) is 0 Å². The van der Waals surface area contributed by atoms with Crippen LogP contribution < -0.4 is 5.73 Å². The zero-order chi connectivity index (χ0) is 12.2. The van der Waals surface area contributed by atoms with Crippen LogP contribution in [0.15, 0.2) is 30.3 Å². The molecule has 3 N–H and O–H groups in total. The van der Waals surface area contributed by atoms with Gasteiger partial charge in [-0.3, -0.25) is 0 Å². The Morgan fingerprint density at radius 2 is 1.94 bits per heavy atom. The fourth-order valence-electron chi connectivity index (χ4n) is 1.27. The third-order valence-corrected chi connectivity index (χ3v) is 2.42. The molecule has 0 heterocycles. The van der Waals surface area contributed by atoms with E-state index in [1.165, 1.54) is 12.1 Å². The van der Waals surface area contributed by atoms with Crippen LogP contribution in [-0.2, 0) is 15.1 Å². The number of hydrogen-bond donors (Lipinski definition) is 2. The molecule has 0 aliphatic carbocycles. The maximum Gasteiger partial charge on any atom is 0.406 e. The third-order valence-electron chi connectivity index (χ3n) is 2.05. The monoisotopic (exact) mass is 243 g/mol. The Hall–Kier alpha value is -1.75. The van der Waals surface area contributed by atoms with Crippen LogP contribution in [0.1, 0.15) is 5.56 Å². The van der Waals surface area contributed by atoms with E-state index in [4.69, 9.17) is 22.4 Å². The Bertz CT molecular complexity index is 395. The molecule has 0 fully saturated rings. The minimum atomic E-state index is -1.94. The zero-order valence-electron chi connectivity index (χ0n) is 8.22. The third kappa shape index (κ3) is 2.25. The molecule has 1 aromatic rings. The highest BCUT2D eigenvalue weighted by Crippen LogP contribution is 2.27. The summed E-state index contributed by atoms with van der Waals surface area (Å²) in [7, 11) is 0. The molecule has 0 saturated carbocycles. The Balaban J connectivity index is 3.23. The fourth-order valence-corrected chi connectivity index (χ4v) is 1.59. The van der Waals surface area contributed by atoms with E-state index in [2.05, 4.69) is 4.74 Å². The van der Waals surface area contributed by atoms with Gasteiger partial charge in [-0.1, -0.05) is 30.3 Å². The molecule has 1 rings (SSSR count). The molecule has 0 aliphatic heterocycles. The normalized spacial score (nSPS) is 13.8. The second kappa shape index (κ2) is 4.85. The van der Waals surface area contributed by atoms with Gasteiger partial charge in [0.2, 0.25) is 5.60 Å². The molecule has 5 nitrogen and oxygen atoms in total. The van der Waals surface area contributed by atoms with E-state index in [-0.39, 0.29) is 5.56 Å². The van der Waals surface area contributed by atoms with Gasteiger partial charge in [-0.15, -0.1) is 11.6 Å². The van der Waals surface area contributed by atoms with Gasteiger partial charge in [-0.25, -0.2) is 9.59 Å². The number of carboxylic acid groups (broad SMARTS) is 1. The SMILES string of the molecule is NC(=O)OC(CCl)(C(=O)O)c1ccccc1. The highest BCUT2D eigenvalue weighted by Gasteiger charge is 2.43. The number of carbonyl (C=O) groups is 2. The van der Waals surface area contributed by atoms with E-state index in [1.807, 2.05) is 0 Å². The van der Waals surface area contributed by atoms with Gasteiger partial charge < -0.3 is 15.6 Å². The molecule has 6 heteroatoms. The van der Waals surface area contributed by atoms with Crippen LogP contribution in [0, 0.1) is 0 Å². The topological polar surface area (TPSA) is 89.6 Å². The second-order valence-corrected chi connectivity index (χ2v) is 3.32. The lowest BCUT2D eigenvalue weighted by Crippen LogP contribution is -2.43. The van der Waals surface area contributed by atoms with Crippen molar-refractivity contribution in [2.75, 3.05) is 5.88 Å². The molecule has 16 heavy (non-hydrogen) atoms. The number of alkyl halides is 1. The number of rotatable bonds is 4. The lowest BCUT2D eigenvalue weighted by Gasteiger charge is -2.26. The minimum Gasteiger partial charge on any atom is -0.478 e. The van der Waals surface area contributed by atoms with Crippen LogP contribution >= 0.6 is 11.6 Å². The first-order valence-electron chi connectivity index (χ1n) is 4.36. The molecule has 0 bridgehead atoms. The van der Waals surface area contributed by atoms with Crippen LogP contribution in [0.2, 0.25) is 0 Å². The molecule has 0 radical (unpaired) electrons. The van der Waals surface area contributed by atoms with Gasteiger partial charge in [0.05, 0.1) is 5.88 Å². The number of ether oxygens (including phenoxy) is 1. The van der Waals surface area contributed by atoms with E-state index in [1.54, 1.807) is 18.2 Å². The van der Waals surface area contributed by atoms with Crippen LogP contribution in [0.4, 0.5) is 4.79 Å². The van der Waals surface area contributed by atoms with Crippen molar-refractivity contribution in [2.24, 2.45) is 5.73 Å². The molecular weight excluding hydrogens is 234 g/mol. The molecule has 86 valence electrons. The quantitative estimate of drug-likeness (QED) is 0.780. The van der Waals surface area contributed by atoms with Crippen molar-refractivity contribution >= 4 is 23.7 Å². The summed E-state index contributed by atoms with van der Waals surface area (Å²) in [5, 5.41) is 9.11. The van der Waals surface area contributed by atoms with E-state index in [0.29, 0.717) is 0 Å². The standard InChI is InChI=1S/C10H10ClNO4/c11-6-10(8(13)14,16-9(12)15)7-4-2-1-3-5-7/h1-5H,6H2,(H2,12,15)(H,13,14). The molecule has 0 aromatic heterocycles. The van der Waals surface area contributed by atoms with Gasteiger partial charge in [-0.05, 0) is 0 Å². The number of amides is 1. The van der Waals surface area contributed by atoms with E-state index in [0.717, 1.165) is 0 Å². The predicted molar refractivity (Wildman–Crippen MR) is 57.1 cm³/mol. The molecule has 0 aliphatic rings. The lowest BCUT2D eigenvalue weighted by molar-refractivity contribution is -0.157. The van der Waals surface area contributed by atoms with E-state index < -0.39 is 23.5 Å². The van der Waals surface area contributed by atoms with Crippen LogP contribution in [0.3, 0.4) is 0 Å². The molecule has 1 amide bonds. The molecule has 1 unspecified atom stereocenters. The van der Waals surface area contributed by atoms with Crippen LogP contribution in [-0.4, -0.2) is 23.0 Å². The number of primary amides is 1. The Labute approximate surface area is 96.8 Å². The van der Waals surface area contributed by atoms with Gasteiger partial charge in [0, 0.05) is 5.56 Å². The first-order valence-corrected chi connectivity index (χ1v) is 4.89. The number of carboxylic acids is 1. The summed E-state index contributed by atoms with van der Waals surface area (Å²) in [4.78, 5) is 21.9. The van der Waals surface area contributed by atoms with Crippen LogP contribution in [0.25, 0.3) is 0 Å². The number of benzene rings is 1. The van der Waals surface area contributed by atoms with Crippen molar-refractivity contribution in [3.8, 4) is 0 Å². The Morgan fingerprint density at radius 3 is 2.31 bits per heavy atom. The summed E-state index contributed by atoms with van der Waals surface area (Å²) >= 11 is 5.58. The first kappa shape index (κ1) is 12.3.